The van der Waals surface area contributed by atoms with Gasteiger partial charge in [0.25, 0.3) is 0 Å². The smallest absolute Gasteiger partial charge is 0.430 e. The first-order valence-electron chi connectivity index (χ1n) is 9.85. The van der Waals surface area contributed by atoms with Crippen LogP contribution >= 0.6 is 11.6 Å². The highest BCUT2D eigenvalue weighted by molar-refractivity contribution is 6.32. The van der Waals surface area contributed by atoms with E-state index in [2.05, 4.69) is 10.3 Å². The Labute approximate surface area is 175 Å². The van der Waals surface area contributed by atoms with Crippen molar-refractivity contribution in [2.75, 3.05) is 0 Å². The van der Waals surface area contributed by atoms with Crippen LogP contribution < -0.4 is 14.8 Å². The molecule has 0 spiro atoms. The number of imidazole rings is 1. The Morgan fingerprint density at radius 1 is 1.13 bits per heavy atom. The van der Waals surface area contributed by atoms with Gasteiger partial charge in [0.05, 0.1) is 6.20 Å². The van der Waals surface area contributed by atoms with Crippen molar-refractivity contribution >= 4 is 29.0 Å². The van der Waals surface area contributed by atoms with E-state index in [1.165, 1.54) is 19.3 Å². The average molecular weight is 444 g/mol. The fourth-order valence-corrected chi connectivity index (χ4v) is 6.02. The highest BCUT2D eigenvalue weighted by Gasteiger charge is 2.52. The number of H-pyrrole nitrogens is 1. The molecular weight excluding hydrogens is 423 g/mol. The third-order valence-corrected chi connectivity index (χ3v) is 6.71. The van der Waals surface area contributed by atoms with E-state index in [1.54, 1.807) is 0 Å². The minimum Gasteiger partial charge on any atom is -0.542 e. The maximum absolute atomic E-state index is 12.9. The number of rotatable bonds is 2. The molecule has 0 radical (unpaired) electrons. The molecule has 0 saturated heterocycles. The molecule has 2 aromatic heterocycles. The number of fused-ring (bicyclic) bond motifs is 1. The van der Waals surface area contributed by atoms with Crippen LogP contribution in [0.4, 0.5) is 13.2 Å². The van der Waals surface area contributed by atoms with E-state index in [0.717, 1.165) is 42.5 Å². The van der Waals surface area contributed by atoms with E-state index >= 15 is 0 Å². The Balaban J connectivity index is 0.000000272. The summed E-state index contributed by atoms with van der Waals surface area (Å²) in [4.78, 5) is 24.8. The number of nitrogens with one attached hydrogen (secondary N) is 2. The summed E-state index contributed by atoms with van der Waals surface area (Å²) in [6.45, 7) is 0. The molecule has 0 unspecified atom stereocenters. The Morgan fingerprint density at radius 3 is 2.17 bits per heavy atom. The lowest BCUT2D eigenvalue weighted by molar-refractivity contribution is -0.514. The molecule has 2 N–H and O–H groups in total. The second-order valence-electron chi connectivity index (χ2n) is 8.68. The van der Waals surface area contributed by atoms with Crippen molar-refractivity contribution in [2.45, 2.75) is 50.2 Å². The predicted molar refractivity (Wildman–Crippen MR) is 98.4 cm³/mol. The van der Waals surface area contributed by atoms with E-state index in [9.17, 15) is 18.0 Å². The molecule has 6 nitrogen and oxygen atoms in total. The maximum Gasteiger partial charge on any atom is 0.430 e. The quantitative estimate of drug-likeness (QED) is 0.698. The van der Waals surface area contributed by atoms with E-state index in [4.69, 9.17) is 21.5 Å². The van der Waals surface area contributed by atoms with Gasteiger partial charge in [-0.3, -0.25) is 4.79 Å². The van der Waals surface area contributed by atoms with E-state index in [-0.39, 0.29) is 11.4 Å². The monoisotopic (exact) mass is 443 g/mol. The topological polar surface area (TPSA) is 89.1 Å². The third kappa shape index (κ3) is 3.99. The molecule has 0 aliphatic heterocycles. The zero-order valence-electron chi connectivity index (χ0n) is 16.0. The van der Waals surface area contributed by atoms with Gasteiger partial charge in [-0.25, -0.2) is 4.98 Å². The van der Waals surface area contributed by atoms with Crippen LogP contribution in [0.15, 0.2) is 24.4 Å². The molecule has 2 aromatic rings. The lowest BCUT2D eigenvalue weighted by Gasteiger charge is -2.56. The minimum absolute atomic E-state index is 0.0189. The first-order valence-corrected chi connectivity index (χ1v) is 10.2. The van der Waals surface area contributed by atoms with Gasteiger partial charge in [-0.2, -0.15) is 17.6 Å². The van der Waals surface area contributed by atoms with Gasteiger partial charge >= 0.3 is 17.9 Å². The minimum atomic E-state index is -5.19. The van der Waals surface area contributed by atoms with E-state index < -0.39 is 12.1 Å². The van der Waals surface area contributed by atoms with Gasteiger partial charge in [0.15, 0.2) is 5.52 Å². The molecule has 4 bridgehead atoms. The number of hydrogen-bond donors (Lipinski definition) is 2. The van der Waals surface area contributed by atoms with Gasteiger partial charge in [-0.05, 0) is 80.0 Å². The summed E-state index contributed by atoms with van der Waals surface area (Å²) in [5.41, 5.74) is 0.857. The lowest BCUT2D eigenvalue weighted by Crippen LogP contribution is -2.60. The van der Waals surface area contributed by atoms with Crippen LogP contribution in [0.3, 0.4) is 0 Å². The number of carboxylic acid groups (broad SMARTS) is 1. The number of carbonyl (C=O) groups is 2. The van der Waals surface area contributed by atoms with Crippen LogP contribution in [-0.2, 0) is 4.79 Å². The number of amides is 1. The van der Waals surface area contributed by atoms with Crippen molar-refractivity contribution in [3.05, 3.63) is 35.4 Å². The van der Waals surface area contributed by atoms with Crippen molar-refractivity contribution in [3.63, 3.8) is 0 Å². The highest BCUT2D eigenvalue weighted by atomic mass is 35.5. The van der Waals surface area contributed by atoms with Crippen LogP contribution in [0.25, 0.3) is 5.52 Å². The molecule has 4 aliphatic rings. The molecule has 6 rings (SSSR count). The Bertz CT molecular complexity index is 953. The Kier molecular flexibility index (Phi) is 5.20. The fraction of sp³-hybridized carbons (Fsp3) is 0.550. The molecule has 4 saturated carbocycles. The average Bonchev–Trinajstić information content (AvgIpc) is 2.97. The van der Waals surface area contributed by atoms with E-state index in [0.29, 0.717) is 11.0 Å². The van der Waals surface area contributed by atoms with Crippen LogP contribution in [0, 0.1) is 17.8 Å². The van der Waals surface area contributed by atoms with Crippen LogP contribution in [0.1, 0.15) is 49.1 Å². The summed E-state index contributed by atoms with van der Waals surface area (Å²) < 4.78 is 33.4. The standard InChI is InChI=1S/C18H20ClN3O.C2HF3O2/c19-15-14-3-1-2-4-22(14)16(20-15)17(23)21-18-8-11-5-12(9-18)7-13(6-11)10-18;3-2(4,5)1(6)7/h1-4,11-13H,5-10H2,(H,21,23);(H,6,7). The Hall–Kier alpha value is -2.29. The van der Waals surface area contributed by atoms with Crippen molar-refractivity contribution in [3.8, 4) is 0 Å². The third-order valence-electron chi connectivity index (χ3n) is 6.42. The molecule has 2 heterocycles. The second-order valence-corrected chi connectivity index (χ2v) is 9.06. The summed E-state index contributed by atoms with van der Waals surface area (Å²) in [5, 5.41) is 12.7. The number of aromatic amines is 1. The summed E-state index contributed by atoms with van der Waals surface area (Å²) >= 11 is 6.24. The predicted octanol–water partition coefficient (Wildman–Crippen LogP) is 2.40. The largest absolute Gasteiger partial charge is 0.542 e. The van der Waals surface area contributed by atoms with E-state index in [1.807, 2.05) is 28.8 Å². The number of pyridine rings is 1. The number of alkyl halides is 3. The van der Waals surface area contributed by atoms with Gasteiger partial charge in [-0.1, -0.05) is 6.07 Å². The van der Waals surface area contributed by atoms with Crippen LogP contribution in [-0.4, -0.2) is 28.6 Å². The fourth-order valence-electron chi connectivity index (χ4n) is 5.78. The number of carbonyl (C=O) groups excluding carboxylic acids is 2. The number of aliphatic carboxylic acids is 1. The first kappa shape index (κ1) is 21.0. The van der Waals surface area contributed by atoms with Crippen molar-refractivity contribution in [2.24, 2.45) is 17.8 Å². The SMILES string of the molecule is O=C(NC12CC3CC(CC(C3)C1)C2)c1[nH]c(Cl)c2cccc[n+]12.O=C([O-])C(F)(F)F. The first-order chi connectivity index (χ1) is 14.1. The molecule has 0 aromatic carbocycles. The highest BCUT2D eigenvalue weighted by Crippen LogP contribution is 2.55. The van der Waals surface area contributed by atoms with Crippen LogP contribution in [0.5, 0.6) is 0 Å². The zero-order chi connectivity index (χ0) is 21.7. The molecule has 10 heteroatoms. The van der Waals surface area contributed by atoms with Gasteiger partial charge in [-0.15, -0.1) is 0 Å². The maximum atomic E-state index is 12.9. The molecule has 30 heavy (non-hydrogen) atoms. The number of aromatic nitrogens is 2. The van der Waals surface area contributed by atoms with Crippen molar-refractivity contribution in [1.29, 1.82) is 0 Å². The summed E-state index contributed by atoms with van der Waals surface area (Å²) in [6.07, 6.45) is 4.28. The molecular formula is C20H21ClF3N3O3. The summed E-state index contributed by atoms with van der Waals surface area (Å²) in [7, 11) is 0. The number of nitrogens with zero attached hydrogens (tertiary/aromatic N) is 1. The van der Waals surface area contributed by atoms with Gasteiger partial charge in [0, 0.05) is 5.54 Å². The summed E-state index contributed by atoms with van der Waals surface area (Å²) in [5.74, 6) is -0.0524. The molecule has 4 fully saturated rings. The van der Waals surface area contributed by atoms with Crippen molar-refractivity contribution in [1.82, 2.24) is 10.3 Å². The van der Waals surface area contributed by atoms with Gasteiger partial charge in [0.1, 0.15) is 5.97 Å². The molecule has 1 amide bonds. The molecule has 0 atom stereocenters. The number of carboxylic acids is 1. The Morgan fingerprint density at radius 2 is 1.67 bits per heavy atom. The number of hydrogen-bond acceptors (Lipinski definition) is 3. The van der Waals surface area contributed by atoms with Crippen molar-refractivity contribution < 1.29 is 32.3 Å². The van der Waals surface area contributed by atoms with Gasteiger partial charge < -0.3 is 15.2 Å². The summed E-state index contributed by atoms with van der Waals surface area (Å²) in [6, 6.07) is 5.76. The normalized spacial score (nSPS) is 29.4. The zero-order valence-corrected chi connectivity index (χ0v) is 16.7. The second kappa shape index (κ2) is 7.44. The molecule has 162 valence electrons. The molecule has 4 aliphatic carbocycles. The lowest BCUT2D eigenvalue weighted by atomic mass is 9.53. The number of halogens is 4. The van der Waals surface area contributed by atoms with Gasteiger partial charge in [0.2, 0.25) is 5.15 Å². The van der Waals surface area contributed by atoms with Crippen LogP contribution in [0.2, 0.25) is 5.15 Å².